The van der Waals surface area contributed by atoms with Gasteiger partial charge < -0.3 is 15.0 Å². The molecular formula is C13H24N2O3. The zero-order valence-electron chi connectivity index (χ0n) is 12.1. The predicted molar refractivity (Wildman–Crippen MR) is 69.0 cm³/mol. The fourth-order valence-electron chi connectivity index (χ4n) is 2.43. The number of methoxy groups -OCH3 is 1. The molecule has 0 aromatic rings. The molecule has 18 heavy (non-hydrogen) atoms. The van der Waals surface area contributed by atoms with Crippen molar-refractivity contribution in [2.75, 3.05) is 13.7 Å². The summed E-state index contributed by atoms with van der Waals surface area (Å²) >= 11 is 0. The van der Waals surface area contributed by atoms with Crippen molar-refractivity contribution < 1.29 is 14.3 Å². The van der Waals surface area contributed by atoms with E-state index >= 15 is 0 Å². The fraction of sp³-hybridized carbons (Fsp3) is 0.846. The molecule has 0 aromatic heterocycles. The van der Waals surface area contributed by atoms with Gasteiger partial charge >= 0.3 is 0 Å². The Labute approximate surface area is 109 Å². The lowest BCUT2D eigenvalue weighted by Crippen LogP contribution is -2.68. The van der Waals surface area contributed by atoms with Crippen LogP contribution in [-0.2, 0) is 14.3 Å². The van der Waals surface area contributed by atoms with Crippen LogP contribution < -0.4 is 5.32 Å². The summed E-state index contributed by atoms with van der Waals surface area (Å²) in [7, 11) is 1.60. The highest BCUT2D eigenvalue weighted by Gasteiger charge is 2.46. The van der Waals surface area contributed by atoms with Crippen molar-refractivity contribution in [3.63, 3.8) is 0 Å². The number of hydrogen-bond acceptors (Lipinski definition) is 3. The molecule has 0 saturated carbocycles. The van der Waals surface area contributed by atoms with Gasteiger partial charge in [0.25, 0.3) is 0 Å². The highest BCUT2D eigenvalue weighted by Crippen LogP contribution is 2.29. The monoisotopic (exact) mass is 256 g/mol. The van der Waals surface area contributed by atoms with Gasteiger partial charge in [-0.2, -0.15) is 0 Å². The molecule has 3 unspecified atom stereocenters. The third-order valence-corrected chi connectivity index (χ3v) is 3.21. The van der Waals surface area contributed by atoms with E-state index in [1.54, 1.807) is 18.9 Å². The molecule has 0 radical (unpaired) electrons. The maximum Gasteiger partial charge on any atom is 0.245 e. The van der Waals surface area contributed by atoms with Crippen molar-refractivity contribution in [2.45, 2.75) is 52.7 Å². The van der Waals surface area contributed by atoms with Crippen LogP contribution in [0.15, 0.2) is 0 Å². The summed E-state index contributed by atoms with van der Waals surface area (Å²) in [5.74, 6) is -0.128. The molecule has 0 aliphatic carbocycles. The number of ether oxygens (including phenoxy) is 1. The van der Waals surface area contributed by atoms with Crippen LogP contribution in [0.25, 0.3) is 0 Å². The smallest absolute Gasteiger partial charge is 0.245 e. The van der Waals surface area contributed by atoms with E-state index in [0.717, 1.165) is 0 Å². The van der Waals surface area contributed by atoms with Gasteiger partial charge in [-0.3, -0.25) is 9.59 Å². The first-order valence-corrected chi connectivity index (χ1v) is 6.31. The molecule has 2 amide bonds. The first kappa shape index (κ1) is 15.0. The molecular weight excluding hydrogens is 232 g/mol. The van der Waals surface area contributed by atoms with Crippen molar-refractivity contribution in [1.29, 1.82) is 0 Å². The summed E-state index contributed by atoms with van der Waals surface area (Å²) in [5, 5.41) is 2.74. The van der Waals surface area contributed by atoms with Crippen molar-refractivity contribution in [3.05, 3.63) is 0 Å². The standard InChI is InChI=1S/C13H24N2O3/c1-8(7-18-6)15-10(13(3,4)5)11(16)14-9(2)12(15)17/h8-10H,7H2,1-6H3,(H,14,16). The van der Waals surface area contributed by atoms with E-state index in [-0.39, 0.29) is 23.3 Å². The molecule has 1 rings (SSSR count). The van der Waals surface area contributed by atoms with E-state index in [1.807, 2.05) is 27.7 Å². The van der Waals surface area contributed by atoms with Crippen LogP contribution in [0.3, 0.4) is 0 Å². The molecule has 0 bridgehead atoms. The van der Waals surface area contributed by atoms with Gasteiger partial charge in [0.15, 0.2) is 0 Å². The van der Waals surface area contributed by atoms with Crippen molar-refractivity contribution in [1.82, 2.24) is 10.2 Å². The van der Waals surface area contributed by atoms with Crippen LogP contribution in [0, 0.1) is 5.41 Å². The third kappa shape index (κ3) is 2.83. The molecule has 0 aromatic carbocycles. The largest absolute Gasteiger partial charge is 0.383 e. The van der Waals surface area contributed by atoms with Gasteiger partial charge in [0.2, 0.25) is 11.8 Å². The maximum absolute atomic E-state index is 12.3. The van der Waals surface area contributed by atoms with Crippen LogP contribution >= 0.6 is 0 Å². The lowest BCUT2D eigenvalue weighted by atomic mass is 9.82. The number of piperazine rings is 1. The van der Waals surface area contributed by atoms with Gasteiger partial charge in [-0.25, -0.2) is 0 Å². The normalized spacial score (nSPS) is 27.1. The second-order valence-electron chi connectivity index (χ2n) is 6.05. The Morgan fingerprint density at radius 1 is 1.39 bits per heavy atom. The highest BCUT2D eigenvalue weighted by atomic mass is 16.5. The molecule has 0 spiro atoms. The summed E-state index contributed by atoms with van der Waals surface area (Å²) < 4.78 is 5.11. The molecule has 1 aliphatic heterocycles. The van der Waals surface area contributed by atoms with Gasteiger partial charge in [-0.1, -0.05) is 20.8 Å². The van der Waals surface area contributed by atoms with E-state index in [2.05, 4.69) is 5.32 Å². The predicted octanol–water partition coefficient (Wildman–Crippen LogP) is 0.783. The molecule has 3 atom stereocenters. The Kier molecular flexibility index (Phi) is 4.37. The zero-order valence-corrected chi connectivity index (χ0v) is 12.1. The van der Waals surface area contributed by atoms with Gasteiger partial charge in [-0.15, -0.1) is 0 Å². The summed E-state index contributed by atoms with van der Waals surface area (Å²) in [6.07, 6.45) is 0. The quantitative estimate of drug-likeness (QED) is 0.812. The molecule has 1 saturated heterocycles. The highest BCUT2D eigenvalue weighted by molar-refractivity contribution is 5.97. The Morgan fingerprint density at radius 2 is 1.94 bits per heavy atom. The Morgan fingerprint density at radius 3 is 2.39 bits per heavy atom. The molecule has 5 heteroatoms. The van der Waals surface area contributed by atoms with Crippen LogP contribution in [-0.4, -0.2) is 48.6 Å². The van der Waals surface area contributed by atoms with E-state index in [4.69, 9.17) is 4.74 Å². The number of amides is 2. The third-order valence-electron chi connectivity index (χ3n) is 3.21. The van der Waals surface area contributed by atoms with Crippen LogP contribution in [0.1, 0.15) is 34.6 Å². The number of rotatable bonds is 3. The molecule has 1 N–H and O–H groups in total. The Bertz CT molecular complexity index is 336. The summed E-state index contributed by atoms with van der Waals surface area (Å²) in [6.45, 7) is 9.95. The van der Waals surface area contributed by atoms with Gasteiger partial charge in [0.1, 0.15) is 12.1 Å². The minimum atomic E-state index is -0.463. The minimum Gasteiger partial charge on any atom is -0.383 e. The van der Waals surface area contributed by atoms with Crippen molar-refractivity contribution in [2.24, 2.45) is 5.41 Å². The second kappa shape index (κ2) is 5.26. The van der Waals surface area contributed by atoms with Crippen LogP contribution in [0.5, 0.6) is 0 Å². The van der Waals surface area contributed by atoms with E-state index in [0.29, 0.717) is 6.61 Å². The molecule has 1 aliphatic rings. The van der Waals surface area contributed by atoms with Crippen molar-refractivity contribution >= 4 is 11.8 Å². The molecule has 104 valence electrons. The number of hydrogen-bond donors (Lipinski definition) is 1. The number of carbonyl (C=O) groups is 2. The van der Waals surface area contributed by atoms with Gasteiger partial charge in [0, 0.05) is 7.11 Å². The van der Waals surface area contributed by atoms with Crippen LogP contribution in [0.4, 0.5) is 0 Å². The fourth-order valence-corrected chi connectivity index (χ4v) is 2.43. The number of nitrogens with one attached hydrogen (secondary N) is 1. The van der Waals surface area contributed by atoms with E-state index < -0.39 is 12.1 Å². The number of carbonyl (C=O) groups excluding carboxylic acids is 2. The Hall–Kier alpha value is -1.10. The summed E-state index contributed by atoms with van der Waals surface area (Å²) in [6, 6.07) is -1.03. The lowest BCUT2D eigenvalue weighted by molar-refractivity contribution is -0.157. The van der Waals surface area contributed by atoms with Crippen LogP contribution in [0.2, 0.25) is 0 Å². The van der Waals surface area contributed by atoms with E-state index in [9.17, 15) is 9.59 Å². The van der Waals surface area contributed by atoms with Gasteiger partial charge in [0.05, 0.1) is 12.6 Å². The average molecular weight is 256 g/mol. The summed E-state index contributed by atoms with van der Waals surface area (Å²) in [4.78, 5) is 26.1. The zero-order chi connectivity index (χ0) is 14.1. The minimum absolute atomic E-state index is 0.0425. The number of nitrogens with zero attached hydrogens (tertiary/aromatic N) is 1. The second-order valence-corrected chi connectivity index (χ2v) is 6.05. The molecule has 5 nitrogen and oxygen atoms in total. The first-order valence-electron chi connectivity index (χ1n) is 6.31. The SMILES string of the molecule is COCC(C)N1C(=O)C(C)NC(=O)C1C(C)(C)C. The molecule has 1 fully saturated rings. The maximum atomic E-state index is 12.3. The van der Waals surface area contributed by atoms with Crippen molar-refractivity contribution in [3.8, 4) is 0 Å². The average Bonchev–Trinajstić information content (AvgIpc) is 2.21. The first-order chi connectivity index (χ1) is 8.20. The lowest BCUT2D eigenvalue weighted by Gasteiger charge is -2.46. The molecule has 1 heterocycles. The Balaban J connectivity index is 3.09. The topological polar surface area (TPSA) is 58.6 Å². The van der Waals surface area contributed by atoms with Gasteiger partial charge in [-0.05, 0) is 19.3 Å². The summed E-state index contributed by atoms with van der Waals surface area (Å²) in [5.41, 5.74) is -0.304. The van der Waals surface area contributed by atoms with E-state index in [1.165, 1.54) is 0 Å².